The molecule has 1 N–H and O–H groups in total. The molecule has 2 aromatic rings. The highest BCUT2D eigenvalue weighted by Gasteiger charge is 2.20. The van der Waals surface area contributed by atoms with E-state index in [1.165, 1.54) is 12.4 Å². The summed E-state index contributed by atoms with van der Waals surface area (Å²) >= 11 is 3.24. The normalized spacial score (nSPS) is 11.5. The quantitative estimate of drug-likeness (QED) is 0.921. The van der Waals surface area contributed by atoms with E-state index in [0.29, 0.717) is 12.2 Å². The van der Waals surface area contributed by atoms with Crippen molar-refractivity contribution in [3.05, 3.63) is 34.7 Å². The third kappa shape index (κ3) is 2.95. The molecule has 0 aliphatic heterocycles. The molecular weight excluding hydrogens is 332 g/mol. The van der Waals surface area contributed by atoms with E-state index in [0.717, 1.165) is 4.47 Å². The summed E-state index contributed by atoms with van der Waals surface area (Å²) in [5, 5.41) is 4.03. The molecule has 0 spiro atoms. The van der Waals surface area contributed by atoms with Crippen molar-refractivity contribution in [1.82, 2.24) is 14.8 Å². The van der Waals surface area contributed by atoms with E-state index in [9.17, 15) is 8.42 Å². The Bertz CT molecular complexity index is 679. The number of rotatable bonds is 4. The second kappa shape index (κ2) is 5.30. The van der Waals surface area contributed by atoms with E-state index in [-0.39, 0.29) is 10.7 Å². The van der Waals surface area contributed by atoms with Crippen LogP contribution in [0.1, 0.15) is 12.6 Å². The van der Waals surface area contributed by atoms with Gasteiger partial charge in [0.25, 0.3) is 10.0 Å². The Morgan fingerprint density at radius 1 is 1.37 bits per heavy atom. The van der Waals surface area contributed by atoms with Gasteiger partial charge in [0, 0.05) is 17.2 Å². The molecule has 6 nitrogen and oxygen atoms in total. The zero-order valence-corrected chi connectivity index (χ0v) is 12.9. The molecule has 2 rings (SSSR count). The predicted molar refractivity (Wildman–Crippen MR) is 75.4 cm³/mol. The topological polar surface area (TPSA) is 76.9 Å². The minimum atomic E-state index is -3.66. The van der Waals surface area contributed by atoms with Crippen LogP contribution >= 0.6 is 15.9 Å². The molecule has 8 heteroatoms. The van der Waals surface area contributed by atoms with E-state index in [1.54, 1.807) is 23.7 Å². The van der Waals surface area contributed by atoms with Gasteiger partial charge in [-0.3, -0.25) is 9.40 Å². The van der Waals surface area contributed by atoms with Crippen molar-refractivity contribution in [2.75, 3.05) is 4.72 Å². The molecule has 0 aliphatic carbocycles. The Labute approximate surface area is 120 Å². The van der Waals surface area contributed by atoms with Crippen molar-refractivity contribution in [2.45, 2.75) is 25.3 Å². The highest BCUT2D eigenvalue weighted by atomic mass is 79.9. The number of aryl methyl sites for hydroxylation is 1. The van der Waals surface area contributed by atoms with Crippen molar-refractivity contribution < 1.29 is 8.42 Å². The first-order chi connectivity index (χ1) is 8.94. The summed E-state index contributed by atoms with van der Waals surface area (Å²) in [7, 11) is -3.66. The van der Waals surface area contributed by atoms with Crippen LogP contribution in [0.5, 0.6) is 0 Å². The fourth-order valence-electron chi connectivity index (χ4n) is 1.64. The summed E-state index contributed by atoms with van der Waals surface area (Å²) in [4.78, 5) is 4.15. The number of hydrogen-bond acceptors (Lipinski definition) is 4. The maximum atomic E-state index is 12.2. The number of halogens is 1. The highest BCUT2D eigenvalue weighted by molar-refractivity contribution is 9.10. The van der Waals surface area contributed by atoms with Crippen molar-refractivity contribution in [3.63, 3.8) is 0 Å². The molecule has 2 aromatic heterocycles. The van der Waals surface area contributed by atoms with Crippen LogP contribution in [-0.4, -0.2) is 23.2 Å². The average molecular weight is 345 g/mol. The van der Waals surface area contributed by atoms with Gasteiger partial charge in [0.2, 0.25) is 0 Å². The van der Waals surface area contributed by atoms with Crippen molar-refractivity contribution in [3.8, 4) is 0 Å². The molecule has 19 heavy (non-hydrogen) atoms. The number of pyridine rings is 1. The van der Waals surface area contributed by atoms with Crippen molar-refractivity contribution >= 4 is 31.8 Å². The zero-order valence-electron chi connectivity index (χ0n) is 10.5. The Balaban J connectivity index is 2.32. The number of nitrogens with zero attached hydrogens (tertiary/aromatic N) is 3. The summed E-state index contributed by atoms with van der Waals surface area (Å²) in [6.07, 6.45) is 2.88. The molecule has 0 fully saturated rings. The Morgan fingerprint density at radius 3 is 2.63 bits per heavy atom. The summed E-state index contributed by atoms with van der Waals surface area (Å²) in [5.74, 6) is 0.270. The standard InChI is InChI=1S/C11H13BrN4O2S/c1-3-16-8(2)10(7-14-16)19(17,18)15-11-5-4-9(12)6-13-11/h4-7H,3H2,1-2H3,(H,13,15). The van der Waals surface area contributed by atoms with Crippen molar-refractivity contribution in [1.29, 1.82) is 0 Å². The monoisotopic (exact) mass is 344 g/mol. The maximum absolute atomic E-state index is 12.2. The SMILES string of the molecule is CCn1ncc(S(=O)(=O)Nc2ccc(Br)cn2)c1C. The van der Waals surface area contributed by atoms with Crippen LogP contribution in [0.3, 0.4) is 0 Å². The fraction of sp³-hybridized carbons (Fsp3) is 0.273. The first kappa shape index (κ1) is 14.0. The molecule has 0 saturated heterocycles. The lowest BCUT2D eigenvalue weighted by Crippen LogP contribution is -2.14. The van der Waals surface area contributed by atoms with E-state index in [4.69, 9.17) is 0 Å². The molecular formula is C11H13BrN4O2S. The molecule has 0 radical (unpaired) electrons. The second-order valence-corrected chi connectivity index (χ2v) is 6.44. The van der Waals surface area contributed by atoms with Crippen molar-refractivity contribution in [2.24, 2.45) is 0 Å². The Morgan fingerprint density at radius 2 is 2.11 bits per heavy atom. The highest BCUT2D eigenvalue weighted by Crippen LogP contribution is 2.18. The van der Waals surface area contributed by atoms with Crippen LogP contribution in [0.25, 0.3) is 0 Å². The third-order valence-electron chi connectivity index (χ3n) is 2.61. The van der Waals surface area contributed by atoms with E-state index in [1.807, 2.05) is 6.92 Å². The van der Waals surface area contributed by atoms with E-state index in [2.05, 4.69) is 30.7 Å². The summed E-state index contributed by atoms with van der Waals surface area (Å²) in [6, 6.07) is 3.30. The number of anilines is 1. The molecule has 0 bridgehead atoms. The molecule has 2 heterocycles. The Kier molecular flexibility index (Phi) is 3.91. The lowest BCUT2D eigenvalue weighted by Gasteiger charge is -2.07. The number of nitrogens with one attached hydrogen (secondary N) is 1. The molecule has 0 unspecified atom stereocenters. The van der Waals surface area contributed by atoms with Crippen LogP contribution in [-0.2, 0) is 16.6 Å². The molecule has 0 aliphatic rings. The van der Waals surface area contributed by atoms with Gasteiger partial charge in [-0.05, 0) is 41.9 Å². The minimum Gasteiger partial charge on any atom is -0.269 e. The van der Waals surface area contributed by atoms with Gasteiger partial charge in [-0.25, -0.2) is 13.4 Å². The van der Waals surface area contributed by atoms with Gasteiger partial charge in [-0.2, -0.15) is 5.10 Å². The lowest BCUT2D eigenvalue weighted by molar-refractivity contribution is 0.598. The van der Waals surface area contributed by atoms with E-state index < -0.39 is 10.0 Å². The fourth-order valence-corrected chi connectivity index (χ4v) is 3.06. The van der Waals surface area contributed by atoms with Crippen LogP contribution in [0, 0.1) is 6.92 Å². The van der Waals surface area contributed by atoms with Crippen LogP contribution in [0.4, 0.5) is 5.82 Å². The number of aromatic nitrogens is 3. The molecule has 0 saturated carbocycles. The Hall–Kier alpha value is -1.41. The zero-order chi connectivity index (χ0) is 14.0. The number of hydrogen-bond donors (Lipinski definition) is 1. The first-order valence-electron chi connectivity index (χ1n) is 5.61. The minimum absolute atomic E-state index is 0.166. The largest absolute Gasteiger partial charge is 0.269 e. The van der Waals surface area contributed by atoms with Gasteiger partial charge in [-0.15, -0.1) is 0 Å². The van der Waals surface area contributed by atoms with Gasteiger partial charge >= 0.3 is 0 Å². The van der Waals surface area contributed by atoms with Crippen LogP contribution in [0.15, 0.2) is 33.9 Å². The number of sulfonamides is 1. The lowest BCUT2D eigenvalue weighted by atomic mass is 10.5. The summed E-state index contributed by atoms with van der Waals surface area (Å²) < 4.78 is 29.3. The van der Waals surface area contributed by atoms with Gasteiger partial charge < -0.3 is 0 Å². The van der Waals surface area contributed by atoms with Crippen LogP contribution < -0.4 is 4.72 Å². The summed E-state index contributed by atoms with van der Waals surface area (Å²) in [6.45, 7) is 4.25. The molecule has 0 aromatic carbocycles. The van der Waals surface area contributed by atoms with E-state index >= 15 is 0 Å². The van der Waals surface area contributed by atoms with Crippen LogP contribution in [0.2, 0.25) is 0 Å². The maximum Gasteiger partial charge on any atom is 0.266 e. The second-order valence-electron chi connectivity index (χ2n) is 3.88. The molecule has 0 amide bonds. The predicted octanol–water partition coefficient (Wildman–Crippen LogP) is 2.17. The first-order valence-corrected chi connectivity index (χ1v) is 7.88. The van der Waals surface area contributed by atoms with Gasteiger partial charge in [0.15, 0.2) is 0 Å². The third-order valence-corrected chi connectivity index (χ3v) is 4.54. The summed E-state index contributed by atoms with van der Waals surface area (Å²) in [5.41, 5.74) is 0.604. The molecule has 0 atom stereocenters. The smallest absolute Gasteiger partial charge is 0.266 e. The van der Waals surface area contributed by atoms with Gasteiger partial charge in [0.1, 0.15) is 10.7 Å². The average Bonchev–Trinajstić information content (AvgIpc) is 2.74. The van der Waals surface area contributed by atoms with Gasteiger partial charge in [0.05, 0.1) is 11.9 Å². The van der Waals surface area contributed by atoms with Gasteiger partial charge in [-0.1, -0.05) is 0 Å². The molecule has 102 valence electrons.